The van der Waals surface area contributed by atoms with Gasteiger partial charge in [-0.05, 0) is 56.4 Å². The van der Waals surface area contributed by atoms with Crippen LogP contribution in [0, 0.1) is 23.0 Å². The lowest BCUT2D eigenvalue weighted by Crippen LogP contribution is -2.34. The van der Waals surface area contributed by atoms with Crippen LogP contribution in [-0.4, -0.2) is 23.9 Å². The number of carbonyl (C=O) groups excluding carboxylic acids is 1. The van der Waals surface area contributed by atoms with E-state index in [4.69, 9.17) is 0 Å². The summed E-state index contributed by atoms with van der Waals surface area (Å²) >= 11 is 0. The van der Waals surface area contributed by atoms with E-state index in [-0.39, 0.29) is 17.6 Å². The zero-order valence-electron chi connectivity index (χ0n) is 16.6. The molecule has 0 aromatic heterocycles. The van der Waals surface area contributed by atoms with Gasteiger partial charge in [-0.1, -0.05) is 25.1 Å². The third-order valence-corrected chi connectivity index (χ3v) is 5.43. The lowest BCUT2D eigenvalue weighted by Gasteiger charge is -2.33. The number of amides is 1. The van der Waals surface area contributed by atoms with Gasteiger partial charge in [-0.2, -0.15) is 0 Å². The number of nitro groups is 1. The fourth-order valence-electron chi connectivity index (χ4n) is 3.71. The Morgan fingerprint density at radius 3 is 2.61 bits per heavy atom. The van der Waals surface area contributed by atoms with Crippen LogP contribution in [0.1, 0.15) is 54.2 Å². The summed E-state index contributed by atoms with van der Waals surface area (Å²) in [6.07, 6.45) is 2.51. The van der Waals surface area contributed by atoms with E-state index >= 15 is 0 Å². The lowest BCUT2D eigenvalue weighted by atomic mass is 9.99. The van der Waals surface area contributed by atoms with E-state index in [0.717, 1.165) is 18.7 Å². The van der Waals surface area contributed by atoms with Crippen molar-refractivity contribution in [1.82, 2.24) is 5.32 Å². The maximum Gasteiger partial charge on any atom is 0.273 e. The van der Waals surface area contributed by atoms with Gasteiger partial charge < -0.3 is 10.2 Å². The Balaban J connectivity index is 1.67. The van der Waals surface area contributed by atoms with Gasteiger partial charge in [-0.25, -0.2) is 0 Å². The number of hydrogen-bond donors (Lipinski definition) is 1. The molecule has 2 unspecified atom stereocenters. The number of hydrogen-bond acceptors (Lipinski definition) is 4. The third kappa shape index (κ3) is 4.50. The highest BCUT2D eigenvalue weighted by molar-refractivity contribution is 5.95. The van der Waals surface area contributed by atoms with E-state index in [9.17, 15) is 14.9 Å². The average Bonchev–Trinajstić information content (AvgIpc) is 2.68. The summed E-state index contributed by atoms with van der Waals surface area (Å²) in [4.78, 5) is 25.6. The highest BCUT2D eigenvalue weighted by Crippen LogP contribution is 2.25. The zero-order chi connectivity index (χ0) is 20.3. The molecule has 2 aromatic rings. The Morgan fingerprint density at radius 2 is 1.96 bits per heavy atom. The van der Waals surface area contributed by atoms with Crippen molar-refractivity contribution in [3.63, 3.8) is 0 Å². The van der Waals surface area contributed by atoms with Crippen molar-refractivity contribution < 1.29 is 9.72 Å². The standard InChI is InChI=1S/C22H27N3O3/c1-15-5-4-12-24(14-15)20-10-8-18(9-11-20)17(3)23-22(26)19-7-6-16(2)21(13-19)25(27)28/h6-11,13,15,17H,4-5,12,14H2,1-3H3,(H,23,26). The number of rotatable bonds is 5. The highest BCUT2D eigenvalue weighted by atomic mass is 16.6. The number of nitro benzene ring substituents is 1. The Hall–Kier alpha value is -2.89. The van der Waals surface area contributed by atoms with Crippen LogP contribution in [0.2, 0.25) is 0 Å². The minimum absolute atomic E-state index is 0.0413. The van der Waals surface area contributed by atoms with Crippen molar-refractivity contribution in [3.05, 3.63) is 69.3 Å². The molecule has 3 rings (SSSR count). The van der Waals surface area contributed by atoms with Gasteiger partial charge in [0, 0.05) is 36.0 Å². The molecule has 2 aromatic carbocycles. The van der Waals surface area contributed by atoms with Crippen molar-refractivity contribution in [2.45, 2.75) is 39.7 Å². The molecule has 1 aliphatic heterocycles. The van der Waals surface area contributed by atoms with Crippen LogP contribution >= 0.6 is 0 Å². The first-order chi connectivity index (χ1) is 13.3. The number of piperidine rings is 1. The summed E-state index contributed by atoms with van der Waals surface area (Å²) in [5.41, 5.74) is 3.01. The normalized spacial score (nSPS) is 17.8. The topological polar surface area (TPSA) is 75.5 Å². The summed E-state index contributed by atoms with van der Waals surface area (Å²) in [5, 5.41) is 14.0. The van der Waals surface area contributed by atoms with Crippen molar-refractivity contribution in [3.8, 4) is 0 Å². The molecule has 0 radical (unpaired) electrons. The van der Waals surface area contributed by atoms with Crippen molar-refractivity contribution in [2.75, 3.05) is 18.0 Å². The molecule has 1 saturated heterocycles. The number of aryl methyl sites for hydroxylation is 1. The molecule has 6 nitrogen and oxygen atoms in total. The van der Waals surface area contributed by atoms with Crippen LogP contribution in [0.3, 0.4) is 0 Å². The molecular formula is C22H27N3O3. The lowest BCUT2D eigenvalue weighted by molar-refractivity contribution is -0.385. The van der Waals surface area contributed by atoms with Crippen molar-refractivity contribution in [1.29, 1.82) is 0 Å². The molecule has 0 spiro atoms. The van der Waals surface area contributed by atoms with E-state index < -0.39 is 4.92 Å². The molecular weight excluding hydrogens is 354 g/mol. The molecule has 148 valence electrons. The van der Waals surface area contributed by atoms with Gasteiger partial charge in [0.05, 0.1) is 11.0 Å². The van der Waals surface area contributed by atoms with E-state index in [2.05, 4.69) is 29.3 Å². The Bertz CT molecular complexity index is 864. The van der Waals surface area contributed by atoms with Gasteiger partial charge >= 0.3 is 0 Å². The molecule has 1 aliphatic rings. The average molecular weight is 381 g/mol. The Labute approximate surface area is 165 Å². The largest absolute Gasteiger partial charge is 0.371 e. The van der Waals surface area contributed by atoms with Gasteiger partial charge in [0.2, 0.25) is 0 Å². The van der Waals surface area contributed by atoms with Crippen molar-refractivity contribution in [2.24, 2.45) is 5.92 Å². The second kappa shape index (κ2) is 8.42. The first kappa shape index (κ1) is 19.9. The zero-order valence-corrected chi connectivity index (χ0v) is 16.6. The smallest absolute Gasteiger partial charge is 0.273 e. The number of nitrogens with one attached hydrogen (secondary N) is 1. The summed E-state index contributed by atoms with van der Waals surface area (Å²) in [6.45, 7) is 8.03. The molecule has 0 aliphatic carbocycles. The fourth-order valence-corrected chi connectivity index (χ4v) is 3.71. The fraction of sp³-hybridized carbons (Fsp3) is 0.409. The SMILES string of the molecule is Cc1ccc(C(=O)NC(C)c2ccc(N3CCCC(C)C3)cc2)cc1[N+](=O)[O-]. The van der Waals surface area contributed by atoms with E-state index in [1.807, 2.05) is 19.1 Å². The minimum atomic E-state index is -0.463. The van der Waals surface area contributed by atoms with Gasteiger partial charge in [-0.15, -0.1) is 0 Å². The second-order valence-electron chi connectivity index (χ2n) is 7.74. The summed E-state index contributed by atoms with van der Waals surface area (Å²) in [6, 6.07) is 12.6. The van der Waals surface area contributed by atoms with Crippen LogP contribution in [0.15, 0.2) is 42.5 Å². The number of carbonyl (C=O) groups is 1. The molecule has 1 heterocycles. The molecule has 1 amide bonds. The molecule has 28 heavy (non-hydrogen) atoms. The van der Waals surface area contributed by atoms with Gasteiger partial charge in [0.15, 0.2) is 0 Å². The van der Waals surface area contributed by atoms with E-state index in [1.165, 1.54) is 24.6 Å². The number of nitrogens with zero attached hydrogens (tertiary/aromatic N) is 2. The number of benzene rings is 2. The third-order valence-electron chi connectivity index (χ3n) is 5.43. The van der Waals surface area contributed by atoms with Gasteiger partial charge in [-0.3, -0.25) is 14.9 Å². The molecule has 0 saturated carbocycles. The van der Waals surface area contributed by atoms with E-state index in [0.29, 0.717) is 17.0 Å². The monoisotopic (exact) mass is 381 g/mol. The predicted octanol–water partition coefficient (Wildman–Crippen LogP) is 4.63. The molecule has 0 bridgehead atoms. The van der Waals surface area contributed by atoms with Crippen LogP contribution in [0.5, 0.6) is 0 Å². The number of anilines is 1. The summed E-state index contributed by atoms with van der Waals surface area (Å²) < 4.78 is 0. The van der Waals surface area contributed by atoms with Gasteiger partial charge in [0.25, 0.3) is 11.6 Å². The molecule has 1 fully saturated rings. The first-order valence-electron chi connectivity index (χ1n) is 9.76. The van der Waals surface area contributed by atoms with Gasteiger partial charge in [0.1, 0.15) is 0 Å². The molecule has 2 atom stereocenters. The van der Waals surface area contributed by atoms with Crippen LogP contribution in [-0.2, 0) is 0 Å². The van der Waals surface area contributed by atoms with Crippen LogP contribution in [0.25, 0.3) is 0 Å². The minimum Gasteiger partial charge on any atom is -0.371 e. The molecule has 6 heteroatoms. The quantitative estimate of drug-likeness (QED) is 0.605. The second-order valence-corrected chi connectivity index (χ2v) is 7.74. The predicted molar refractivity (Wildman–Crippen MR) is 111 cm³/mol. The summed E-state index contributed by atoms with van der Waals surface area (Å²) in [7, 11) is 0. The first-order valence-corrected chi connectivity index (χ1v) is 9.76. The summed E-state index contributed by atoms with van der Waals surface area (Å²) in [5.74, 6) is 0.398. The Kier molecular flexibility index (Phi) is 5.97. The Morgan fingerprint density at radius 1 is 1.25 bits per heavy atom. The highest BCUT2D eigenvalue weighted by Gasteiger charge is 2.19. The maximum atomic E-state index is 12.5. The van der Waals surface area contributed by atoms with E-state index in [1.54, 1.807) is 19.1 Å². The van der Waals surface area contributed by atoms with Crippen molar-refractivity contribution >= 4 is 17.3 Å². The van der Waals surface area contributed by atoms with Crippen LogP contribution in [0.4, 0.5) is 11.4 Å². The molecule has 1 N–H and O–H groups in total. The maximum absolute atomic E-state index is 12.5. The van der Waals surface area contributed by atoms with Crippen LogP contribution < -0.4 is 10.2 Å².